The van der Waals surface area contributed by atoms with Gasteiger partial charge in [0.25, 0.3) is 0 Å². The molecule has 2 aromatic rings. The molecule has 2 fully saturated rings. The van der Waals surface area contributed by atoms with Crippen molar-refractivity contribution in [1.82, 2.24) is 5.32 Å². The van der Waals surface area contributed by atoms with Gasteiger partial charge in [-0.3, -0.25) is 9.59 Å². The van der Waals surface area contributed by atoms with Crippen molar-refractivity contribution < 1.29 is 14.7 Å². The van der Waals surface area contributed by atoms with Crippen molar-refractivity contribution in [2.75, 3.05) is 6.54 Å². The normalized spacial score (nSPS) is 24.4. The fourth-order valence-corrected chi connectivity index (χ4v) is 5.96. The number of carbonyl (C=O) groups is 2. The van der Waals surface area contributed by atoms with Gasteiger partial charge in [0.1, 0.15) is 0 Å². The molecule has 162 valence electrons. The van der Waals surface area contributed by atoms with Crippen molar-refractivity contribution in [3.63, 3.8) is 0 Å². The first-order chi connectivity index (χ1) is 15.0. The van der Waals surface area contributed by atoms with Crippen LogP contribution in [0.4, 0.5) is 0 Å². The van der Waals surface area contributed by atoms with Gasteiger partial charge in [-0.2, -0.15) is 0 Å². The van der Waals surface area contributed by atoms with Crippen LogP contribution in [0.2, 0.25) is 0 Å². The van der Waals surface area contributed by atoms with Crippen molar-refractivity contribution in [3.05, 3.63) is 82.9 Å². The standard InChI is InChI=1S/C27H31NO3/c1-17(2)23-21-13-14-22(23)25(27(30)31)24(21)26(29)28-16-15-20(18-9-5-3-6-10-18)19-11-7-4-8-12-19/h3-12,20-22,24-25H,13-16H2,1-2H3,(H,28,29)(H,30,31)/t21-,22+,24-,25+/m1/s1. The molecule has 4 rings (SSSR count). The third-order valence-corrected chi connectivity index (χ3v) is 7.14. The van der Waals surface area contributed by atoms with Gasteiger partial charge in [0.15, 0.2) is 0 Å². The van der Waals surface area contributed by atoms with E-state index in [0.717, 1.165) is 19.3 Å². The second-order valence-electron chi connectivity index (χ2n) is 9.09. The molecular weight excluding hydrogens is 386 g/mol. The van der Waals surface area contributed by atoms with Crippen molar-refractivity contribution in [1.29, 1.82) is 0 Å². The van der Waals surface area contributed by atoms with Crippen LogP contribution in [0.15, 0.2) is 71.8 Å². The Labute approximate surface area is 184 Å². The van der Waals surface area contributed by atoms with Gasteiger partial charge in [-0.1, -0.05) is 71.8 Å². The molecule has 0 saturated heterocycles. The quantitative estimate of drug-likeness (QED) is 0.622. The van der Waals surface area contributed by atoms with Crippen molar-refractivity contribution in [3.8, 4) is 0 Å². The van der Waals surface area contributed by atoms with E-state index in [1.54, 1.807) is 0 Å². The number of carbonyl (C=O) groups excluding carboxylic acids is 1. The smallest absolute Gasteiger partial charge is 0.307 e. The first-order valence-corrected chi connectivity index (χ1v) is 11.3. The summed E-state index contributed by atoms with van der Waals surface area (Å²) in [6.07, 6.45) is 2.58. The molecule has 0 aromatic heterocycles. The van der Waals surface area contributed by atoms with E-state index in [0.29, 0.717) is 6.54 Å². The minimum absolute atomic E-state index is 0.0182. The highest BCUT2D eigenvalue weighted by molar-refractivity contribution is 5.87. The van der Waals surface area contributed by atoms with E-state index in [9.17, 15) is 14.7 Å². The lowest BCUT2D eigenvalue weighted by molar-refractivity contribution is -0.149. The third-order valence-electron chi connectivity index (χ3n) is 7.14. The minimum Gasteiger partial charge on any atom is -0.481 e. The molecule has 2 saturated carbocycles. The number of nitrogens with one attached hydrogen (secondary N) is 1. The maximum Gasteiger partial charge on any atom is 0.307 e. The summed E-state index contributed by atoms with van der Waals surface area (Å²) >= 11 is 0. The largest absolute Gasteiger partial charge is 0.481 e. The molecule has 31 heavy (non-hydrogen) atoms. The Balaban J connectivity index is 1.48. The van der Waals surface area contributed by atoms with E-state index in [1.165, 1.54) is 22.3 Å². The molecule has 2 aliphatic rings. The maximum atomic E-state index is 13.2. The summed E-state index contributed by atoms with van der Waals surface area (Å²) in [5.74, 6) is -1.70. The number of allylic oxidation sites excluding steroid dienone is 2. The molecule has 2 aliphatic carbocycles. The monoisotopic (exact) mass is 417 g/mol. The van der Waals surface area contributed by atoms with Crippen LogP contribution in [0.1, 0.15) is 50.2 Å². The summed E-state index contributed by atoms with van der Waals surface area (Å²) in [6.45, 7) is 4.62. The number of hydrogen-bond acceptors (Lipinski definition) is 2. The van der Waals surface area contributed by atoms with E-state index in [1.807, 2.05) is 50.2 Å². The number of amides is 1. The Hall–Kier alpha value is -2.88. The Kier molecular flexibility index (Phi) is 6.26. The highest BCUT2D eigenvalue weighted by Crippen LogP contribution is 2.57. The predicted octanol–water partition coefficient (Wildman–Crippen LogP) is 5.02. The van der Waals surface area contributed by atoms with Gasteiger partial charge in [0.05, 0.1) is 11.8 Å². The van der Waals surface area contributed by atoms with Gasteiger partial charge in [0.2, 0.25) is 5.91 Å². The summed E-state index contributed by atoms with van der Waals surface area (Å²) in [4.78, 5) is 25.2. The summed E-state index contributed by atoms with van der Waals surface area (Å²) in [5, 5.41) is 13.0. The number of rotatable bonds is 7. The van der Waals surface area contributed by atoms with Gasteiger partial charge in [-0.05, 0) is 56.1 Å². The van der Waals surface area contributed by atoms with E-state index < -0.39 is 17.8 Å². The van der Waals surface area contributed by atoms with Crippen LogP contribution < -0.4 is 5.32 Å². The van der Waals surface area contributed by atoms with Gasteiger partial charge >= 0.3 is 5.97 Å². The molecule has 0 spiro atoms. The number of aliphatic carboxylic acids is 1. The van der Waals surface area contributed by atoms with Crippen molar-refractivity contribution in [2.45, 2.75) is 39.0 Å². The minimum atomic E-state index is -0.836. The van der Waals surface area contributed by atoms with Gasteiger partial charge in [0, 0.05) is 12.5 Å². The molecule has 2 aromatic carbocycles. The van der Waals surface area contributed by atoms with E-state index in [2.05, 4.69) is 29.6 Å². The van der Waals surface area contributed by atoms with Crippen LogP contribution in [-0.2, 0) is 9.59 Å². The molecule has 0 unspecified atom stereocenters. The molecule has 4 atom stereocenters. The summed E-state index contributed by atoms with van der Waals surface area (Å²) in [6, 6.07) is 20.7. The predicted molar refractivity (Wildman–Crippen MR) is 122 cm³/mol. The first kappa shape index (κ1) is 21.4. The molecule has 1 amide bonds. The Bertz CT molecular complexity index is 923. The van der Waals surface area contributed by atoms with E-state index in [-0.39, 0.29) is 23.7 Å². The molecule has 2 bridgehead atoms. The number of carboxylic acid groups (broad SMARTS) is 1. The number of fused-ring (bicyclic) bond motifs is 2. The van der Waals surface area contributed by atoms with Crippen LogP contribution in [0.25, 0.3) is 0 Å². The molecular formula is C27H31NO3. The average molecular weight is 418 g/mol. The van der Waals surface area contributed by atoms with Crippen molar-refractivity contribution >= 4 is 11.9 Å². The van der Waals surface area contributed by atoms with Crippen LogP contribution in [0.3, 0.4) is 0 Å². The molecule has 0 heterocycles. The second kappa shape index (κ2) is 9.09. The molecule has 4 nitrogen and oxygen atoms in total. The lowest BCUT2D eigenvalue weighted by Crippen LogP contribution is -2.41. The Morgan fingerprint density at radius 2 is 1.42 bits per heavy atom. The van der Waals surface area contributed by atoms with Crippen LogP contribution in [0.5, 0.6) is 0 Å². The lowest BCUT2D eigenvalue weighted by atomic mass is 9.78. The summed E-state index contributed by atoms with van der Waals surface area (Å²) in [5.41, 5.74) is 4.84. The number of hydrogen-bond donors (Lipinski definition) is 2. The van der Waals surface area contributed by atoms with Gasteiger partial charge in [-0.25, -0.2) is 0 Å². The van der Waals surface area contributed by atoms with Gasteiger partial charge < -0.3 is 10.4 Å². The highest BCUT2D eigenvalue weighted by Gasteiger charge is 2.57. The highest BCUT2D eigenvalue weighted by atomic mass is 16.4. The maximum absolute atomic E-state index is 13.2. The Morgan fingerprint density at radius 1 is 0.903 bits per heavy atom. The average Bonchev–Trinajstić information content (AvgIpc) is 3.34. The zero-order valence-electron chi connectivity index (χ0n) is 18.3. The van der Waals surface area contributed by atoms with E-state index >= 15 is 0 Å². The van der Waals surface area contributed by atoms with Gasteiger partial charge in [-0.15, -0.1) is 0 Å². The third kappa shape index (κ3) is 4.16. The molecule has 0 aliphatic heterocycles. The number of carboxylic acids is 1. The fourth-order valence-electron chi connectivity index (χ4n) is 5.96. The topological polar surface area (TPSA) is 66.4 Å². The van der Waals surface area contributed by atoms with Crippen LogP contribution in [-0.4, -0.2) is 23.5 Å². The first-order valence-electron chi connectivity index (χ1n) is 11.3. The SMILES string of the molecule is CC(C)=C1[C@H]2CC[C@@H]1[C@H](C(=O)O)[C@@H]2C(=O)NCCC(c1ccccc1)c1ccccc1. The van der Waals surface area contributed by atoms with Crippen LogP contribution >= 0.6 is 0 Å². The summed E-state index contributed by atoms with van der Waals surface area (Å²) in [7, 11) is 0. The van der Waals surface area contributed by atoms with Crippen molar-refractivity contribution in [2.24, 2.45) is 23.7 Å². The molecule has 2 N–H and O–H groups in total. The van der Waals surface area contributed by atoms with Crippen LogP contribution in [0, 0.1) is 23.7 Å². The van der Waals surface area contributed by atoms with E-state index in [4.69, 9.17) is 0 Å². The fraction of sp³-hybridized carbons (Fsp3) is 0.407. The zero-order chi connectivity index (χ0) is 22.0. The number of benzene rings is 2. The molecule has 0 radical (unpaired) electrons. The Morgan fingerprint density at radius 3 is 1.90 bits per heavy atom. The molecule has 4 heteroatoms. The second-order valence-corrected chi connectivity index (χ2v) is 9.09. The lowest BCUT2D eigenvalue weighted by Gasteiger charge is -2.27. The zero-order valence-corrected chi connectivity index (χ0v) is 18.3. The summed E-state index contributed by atoms with van der Waals surface area (Å²) < 4.78 is 0.